The van der Waals surface area contributed by atoms with E-state index in [1.807, 2.05) is 13.8 Å². The zero-order chi connectivity index (χ0) is 10.4. The molecule has 0 atom stereocenters. The molecule has 0 amide bonds. The van der Waals surface area contributed by atoms with Crippen molar-refractivity contribution in [1.29, 1.82) is 0 Å². The summed E-state index contributed by atoms with van der Waals surface area (Å²) < 4.78 is 0. The van der Waals surface area contributed by atoms with E-state index in [1.165, 1.54) is 12.8 Å². The van der Waals surface area contributed by atoms with Gasteiger partial charge in [-0.1, -0.05) is 0 Å². The van der Waals surface area contributed by atoms with Gasteiger partial charge in [0.15, 0.2) is 0 Å². The standard InChI is InChI=1S/C10H25O2P/c1-4-7-8-9-10-13(11,12,5-2)6-3/h11-12H,4-10H2,1-3H3. The molecule has 13 heavy (non-hydrogen) atoms. The van der Waals surface area contributed by atoms with Crippen LogP contribution in [0.2, 0.25) is 0 Å². The first-order chi connectivity index (χ1) is 5.96. The van der Waals surface area contributed by atoms with Crippen LogP contribution in [0.4, 0.5) is 0 Å². The average molecular weight is 208 g/mol. The van der Waals surface area contributed by atoms with Crippen LogP contribution in [-0.4, -0.2) is 28.3 Å². The van der Waals surface area contributed by atoms with Crippen LogP contribution in [0.5, 0.6) is 0 Å². The average Bonchev–Trinajstić information content (AvgIpc) is 2.14. The maximum absolute atomic E-state index is 10.1. The Kier molecular flexibility index (Phi) is 5.43. The molecule has 2 N–H and O–H groups in total. The molecule has 0 rings (SSSR count). The van der Waals surface area contributed by atoms with Crippen molar-refractivity contribution in [2.75, 3.05) is 18.5 Å². The van der Waals surface area contributed by atoms with Gasteiger partial charge in [-0.2, -0.15) is 0 Å². The van der Waals surface area contributed by atoms with Gasteiger partial charge in [0, 0.05) is 0 Å². The van der Waals surface area contributed by atoms with Crippen molar-refractivity contribution in [3.8, 4) is 0 Å². The van der Waals surface area contributed by atoms with Crippen molar-refractivity contribution in [3.63, 3.8) is 0 Å². The molecule has 0 aliphatic rings. The Hall–Kier alpha value is 0.350. The maximum atomic E-state index is 10.1. The molecule has 0 saturated carbocycles. The summed E-state index contributed by atoms with van der Waals surface area (Å²) >= 11 is 0. The summed E-state index contributed by atoms with van der Waals surface area (Å²) in [5.74, 6) is 0. The summed E-state index contributed by atoms with van der Waals surface area (Å²) in [6, 6.07) is 0. The molecule has 0 bridgehead atoms. The molecule has 2 nitrogen and oxygen atoms in total. The molecule has 0 aliphatic carbocycles. The number of unbranched alkanes of at least 4 members (excludes halogenated alkanes) is 3. The Balaban J connectivity index is 3.85. The van der Waals surface area contributed by atoms with E-state index in [9.17, 15) is 9.79 Å². The molecule has 0 aromatic heterocycles. The Bertz CT molecular complexity index is 138. The van der Waals surface area contributed by atoms with E-state index in [4.69, 9.17) is 0 Å². The number of hydrogen-bond acceptors (Lipinski definition) is 2. The zero-order valence-electron chi connectivity index (χ0n) is 9.29. The van der Waals surface area contributed by atoms with Crippen LogP contribution in [-0.2, 0) is 0 Å². The van der Waals surface area contributed by atoms with Gasteiger partial charge in [0.2, 0.25) is 0 Å². The third-order valence-corrected chi connectivity index (χ3v) is 7.26. The van der Waals surface area contributed by atoms with E-state index >= 15 is 0 Å². The van der Waals surface area contributed by atoms with Crippen LogP contribution < -0.4 is 0 Å². The van der Waals surface area contributed by atoms with Gasteiger partial charge < -0.3 is 0 Å². The molecule has 82 valence electrons. The molecular formula is C10H25O2P. The first-order valence-electron chi connectivity index (χ1n) is 5.47. The summed E-state index contributed by atoms with van der Waals surface area (Å²) in [5.41, 5.74) is 0. The van der Waals surface area contributed by atoms with E-state index < -0.39 is 7.06 Å². The fourth-order valence-corrected chi connectivity index (χ4v) is 3.48. The monoisotopic (exact) mass is 208 g/mol. The summed E-state index contributed by atoms with van der Waals surface area (Å²) in [6.45, 7) is 5.94. The Morgan fingerprint density at radius 1 is 0.846 bits per heavy atom. The van der Waals surface area contributed by atoms with E-state index in [1.54, 1.807) is 0 Å². The van der Waals surface area contributed by atoms with Crippen LogP contribution in [0.1, 0.15) is 46.5 Å². The number of hydrogen-bond donors (Lipinski definition) is 2. The molecule has 0 fully saturated rings. The molecule has 0 spiro atoms. The summed E-state index contributed by atoms with van der Waals surface area (Å²) in [4.78, 5) is 20.2. The quantitative estimate of drug-likeness (QED) is 0.499. The van der Waals surface area contributed by atoms with Crippen molar-refractivity contribution in [3.05, 3.63) is 0 Å². The number of rotatable bonds is 7. The molecular weight excluding hydrogens is 183 g/mol. The van der Waals surface area contributed by atoms with Crippen molar-refractivity contribution in [1.82, 2.24) is 0 Å². The third kappa shape index (κ3) is 4.95. The molecule has 0 aliphatic heterocycles. The predicted octanol–water partition coefficient (Wildman–Crippen LogP) is 2.97. The third-order valence-electron chi connectivity index (χ3n) is 2.99. The van der Waals surface area contributed by atoms with Crippen molar-refractivity contribution >= 4 is 7.06 Å². The minimum atomic E-state index is -3.21. The van der Waals surface area contributed by atoms with Gasteiger partial charge in [-0.15, -0.1) is 0 Å². The van der Waals surface area contributed by atoms with E-state index in [0.29, 0.717) is 18.5 Å². The molecule has 0 heterocycles. The van der Waals surface area contributed by atoms with Gasteiger partial charge in [0.05, 0.1) is 0 Å². The summed E-state index contributed by atoms with van der Waals surface area (Å²) in [6.07, 6.45) is 6.25. The predicted molar refractivity (Wildman–Crippen MR) is 61.4 cm³/mol. The molecule has 0 aromatic rings. The first-order valence-corrected chi connectivity index (χ1v) is 8.17. The Morgan fingerprint density at radius 3 is 1.77 bits per heavy atom. The Morgan fingerprint density at radius 2 is 1.38 bits per heavy atom. The van der Waals surface area contributed by atoms with Crippen molar-refractivity contribution < 1.29 is 9.79 Å². The normalized spacial score (nSPS) is 15.3. The van der Waals surface area contributed by atoms with Gasteiger partial charge >= 0.3 is 81.8 Å². The van der Waals surface area contributed by atoms with Gasteiger partial charge in [-0.05, 0) is 0 Å². The second-order valence-corrected chi connectivity index (χ2v) is 8.96. The van der Waals surface area contributed by atoms with Crippen LogP contribution >= 0.6 is 7.06 Å². The molecule has 0 saturated heterocycles. The molecule has 0 unspecified atom stereocenters. The van der Waals surface area contributed by atoms with Crippen LogP contribution in [0.3, 0.4) is 0 Å². The first kappa shape index (κ1) is 13.4. The summed E-state index contributed by atoms with van der Waals surface area (Å²) in [7, 11) is -3.21. The van der Waals surface area contributed by atoms with Crippen LogP contribution in [0, 0.1) is 0 Å². The fourth-order valence-electron chi connectivity index (χ4n) is 1.44. The zero-order valence-corrected chi connectivity index (χ0v) is 10.2. The van der Waals surface area contributed by atoms with Crippen LogP contribution in [0.25, 0.3) is 0 Å². The fraction of sp³-hybridized carbons (Fsp3) is 1.00. The minimum absolute atomic E-state index is 0.550. The van der Waals surface area contributed by atoms with Gasteiger partial charge in [0.1, 0.15) is 0 Å². The molecule has 3 heteroatoms. The van der Waals surface area contributed by atoms with Crippen LogP contribution in [0.15, 0.2) is 0 Å². The second kappa shape index (κ2) is 5.29. The summed E-state index contributed by atoms with van der Waals surface area (Å²) in [5, 5.41) is 0. The van der Waals surface area contributed by atoms with Gasteiger partial charge in [-0.3, -0.25) is 0 Å². The second-order valence-electron chi connectivity index (χ2n) is 4.03. The van der Waals surface area contributed by atoms with E-state index in [2.05, 4.69) is 6.92 Å². The van der Waals surface area contributed by atoms with Gasteiger partial charge in [-0.25, -0.2) is 0 Å². The topological polar surface area (TPSA) is 40.5 Å². The van der Waals surface area contributed by atoms with Gasteiger partial charge in [0.25, 0.3) is 0 Å². The molecule has 0 radical (unpaired) electrons. The van der Waals surface area contributed by atoms with Crippen molar-refractivity contribution in [2.24, 2.45) is 0 Å². The SMILES string of the molecule is CCCCCCP(O)(O)(CC)CC. The van der Waals surface area contributed by atoms with Crippen molar-refractivity contribution in [2.45, 2.75) is 46.5 Å². The molecule has 0 aromatic carbocycles. The van der Waals surface area contributed by atoms with E-state index in [0.717, 1.165) is 12.8 Å². The van der Waals surface area contributed by atoms with E-state index in [-0.39, 0.29) is 0 Å². The Labute approximate surface area is 82.5 Å².